The summed E-state index contributed by atoms with van der Waals surface area (Å²) < 4.78 is 8.99. The topological polar surface area (TPSA) is 138 Å². The molecule has 0 radical (unpaired) electrons. The molecule has 12 heteroatoms. The maximum atomic E-state index is 12.8. The number of hydrogen-bond donors (Lipinski definition) is 2. The molecule has 0 aliphatic heterocycles. The number of methoxy groups -OCH3 is 1. The Bertz CT molecular complexity index is 1610. The second kappa shape index (κ2) is 10.5. The molecule has 0 aliphatic carbocycles. The highest BCUT2D eigenvalue weighted by Crippen LogP contribution is 2.37. The van der Waals surface area contributed by atoms with Crippen molar-refractivity contribution in [1.82, 2.24) is 39.5 Å². The maximum absolute atomic E-state index is 12.8. The largest absolute Gasteiger partial charge is 0.494 e. The number of aryl methyl sites for hydroxylation is 2. The monoisotopic (exact) mass is 510 g/mol. The van der Waals surface area contributed by atoms with E-state index in [4.69, 9.17) is 4.74 Å². The van der Waals surface area contributed by atoms with Gasteiger partial charge in [-0.25, -0.2) is 19.9 Å². The Morgan fingerprint density at radius 1 is 0.895 bits per heavy atom. The number of anilines is 4. The highest BCUT2D eigenvalue weighted by Gasteiger charge is 2.18. The minimum atomic E-state index is -0.0468. The van der Waals surface area contributed by atoms with Crippen molar-refractivity contribution in [3.8, 4) is 28.5 Å². The van der Waals surface area contributed by atoms with Crippen LogP contribution in [0.1, 0.15) is 23.7 Å². The van der Waals surface area contributed by atoms with Crippen molar-refractivity contribution in [2.24, 2.45) is 14.1 Å². The lowest BCUT2D eigenvalue weighted by Crippen LogP contribution is -2.07. The zero-order valence-electron chi connectivity index (χ0n) is 21.4. The van der Waals surface area contributed by atoms with Crippen LogP contribution in [-0.4, -0.2) is 52.4 Å². The van der Waals surface area contributed by atoms with Crippen LogP contribution >= 0.6 is 0 Å². The van der Waals surface area contributed by atoms with E-state index in [1.807, 2.05) is 44.3 Å². The van der Waals surface area contributed by atoms with Gasteiger partial charge in [0.2, 0.25) is 0 Å². The number of ketones is 1. The highest BCUT2D eigenvalue weighted by atomic mass is 16.5. The SMILES string of the molecule is CCC(=O)c1cnc(Nc2cc(-c3ncn(C)n3)ccn2)cc1Nc1cccc(-c2ncn(C)n2)c1OC. The molecule has 0 bridgehead atoms. The van der Waals surface area contributed by atoms with Crippen LogP contribution in [0.25, 0.3) is 22.8 Å². The van der Waals surface area contributed by atoms with E-state index in [-0.39, 0.29) is 5.78 Å². The number of para-hydroxylation sites is 1. The van der Waals surface area contributed by atoms with Crippen molar-refractivity contribution >= 4 is 28.8 Å². The number of rotatable bonds is 9. The standard InChI is InChI=1S/C26H26N10O2/c1-5-21(37)18-13-28-23(32-22-11-16(9-10-27-22)25-29-14-35(2)33-25)12-20(18)31-19-8-6-7-17(24(19)38-4)26-30-15-36(3)34-26/h6-15H,5H2,1-4H3,(H2,27,28,31,32). The number of carbonyl (C=O) groups is 1. The Hall–Kier alpha value is -5.13. The highest BCUT2D eigenvalue weighted by molar-refractivity contribution is 6.02. The van der Waals surface area contributed by atoms with E-state index >= 15 is 0 Å². The number of Topliss-reactive ketones (excluding diaryl/α,β-unsaturated/α-hetero) is 1. The number of benzene rings is 1. The Morgan fingerprint density at radius 2 is 1.63 bits per heavy atom. The van der Waals surface area contributed by atoms with Crippen LogP contribution in [0, 0.1) is 0 Å². The zero-order valence-corrected chi connectivity index (χ0v) is 21.4. The van der Waals surface area contributed by atoms with E-state index in [1.54, 1.807) is 54.6 Å². The normalized spacial score (nSPS) is 10.8. The molecule has 0 saturated carbocycles. The van der Waals surface area contributed by atoms with Gasteiger partial charge in [0.25, 0.3) is 0 Å². The van der Waals surface area contributed by atoms with E-state index in [0.29, 0.717) is 52.4 Å². The first-order chi connectivity index (χ1) is 18.4. The van der Waals surface area contributed by atoms with Gasteiger partial charge in [0, 0.05) is 44.5 Å². The molecule has 0 atom stereocenters. The lowest BCUT2D eigenvalue weighted by Gasteiger charge is -2.17. The first-order valence-corrected chi connectivity index (χ1v) is 11.9. The van der Waals surface area contributed by atoms with Gasteiger partial charge in [-0.3, -0.25) is 14.2 Å². The van der Waals surface area contributed by atoms with E-state index in [0.717, 1.165) is 11.1 Å². The van der Waals surface area contributed by atoms with Crippen molar-refractivity contribution in [3.63, 3.8) is 0 Å². The van der Waals surface area contributed by atoms with Crippen molar-refractivity contribution in [2.75, 3.05) is 17.7 Å². The number of nitrogens with one attached hydrogen (secondary N) is 2. The molecule has 5 aromatic rings. The van der Waals surface area contributed by atoms with Crippen LogP contribution in [0.3, 0.4) is 0 Å². The molecule has 0 amide bonds. The van der Waals surface area contributed by atoms with E-state index in [9.17, 15) is 4.79 Å². The average molecular weight is 511 g/mol. The minimum absolute atomic E-state index is 0.0468. The van der Waals surface area contributed by atoms with Crippen LogP contribution in [-0.2, 0) is 14.1 Å². The molecule has 0 unspecified atom stereocenters. The fourth-order valence-electron chi connectivity index (χ4n) is 3.92. The molecule has 0 aliphatic rings. The predicted molar refractivity (Wildman–Crippen MR) is 143 cm³/mol. The van der Waals surface area contributed by atoms with Gasteiger partial charge < -0.3 is 15.4 Å². The summed E-state index contributed by atoms with van der Waals surface area (Å²) in [7, 11) is 5.20. The molecule has 0 fully saturated rings. The number of aromatic nitrogens is 8. The average Bonchev–Trinajstić information content (AvgIpc) is 3.56. The first-order valence-electron chi connectivity index (χ1n) is 11.9. The summed E-state index contributed by atoms with van der Waals surface area (Å²) >= 11 is 0. The van der Waals surface area contributed by atoms with Crippen LogP contribution in [0.15, 0.2) is 61.4 Å². The van der Waals surface area contributed by atoms with E-state index in [1.165, 1.54) is 0 Å². The Kier molecular flexibility index (Phi) is 6.76. The molecule has 0 spiro atoms. The number of hydrogen-bond acceptors (Lipinski definition) is 10. The fraction of sp³-hybridized carbons (Fsp3) is 0.192. The van der Waals surface area contributed by atoms with Crippen LogP contribution in [0.2, 0.25) is 0 Å². The molecule has 2 N–H and O–H groups in total. The van der Waals surface area contributed by atoms with Gasteiger partial charge in [-0.2, -0.15) is 10.2 Å². The van der Waals surface area contributed by atoms with E-state index < -0.39 is 0 Å². The van der Waals surface area contributed by atoms with Crippen molar-refractivity contribution in [3.05, 3.63) is 67.0 Å². The third kappa shape index (κ3) is 5.05. The smallest absolute Gasteiger partial charge is 0.184 e. The predicted octanol–water partition coefficient (Wildman–Crippen LogP) is 4.16. The van der Waals surface area contributed by atoms with Gasteiger partial charge in [0.1, 0.15) is 24.3 Å². The summed E-state index contributed by atoms with van der Waals surface area (Å²) in [6.07, 6.45) is 6.82. The molecule has 38 heavy (non-hydrogen) atoms. The third-order valence-corrected chi connectivity index (χ3v) is 5.73. The number of nitrogens with zero attached hydrogens (tertiary/aromatic N) is 8. The molecule has 4 aromatic heterocycles. The van der Waals surface area contributed by atoms with Crippen molar-refractivity contribution in [1.29, 1.82) is 0 Å². The summed E-state index contributed by atoms with van der Waals surface area (Å²) in [5.74, 6) is 2.69. The van der Waals surface area contributed by atoms with Gasteiger partial charge in [0.15, 0.2) is 23.2 Å². The second-order valence-corrected chi connectivity index (χ2v) is 8.44. The summed E-state index contributed by atoms with van der Waals surface area (Å²) in [6.45, 7) is 1.81. The van der Waals surface area contributed by atoms with Crippen molar-refractivity contribution < 1.29 is 9.53 Å². The van der Waals surface area contributed by atoms with Crippen molar-refractivity contribution in [2.45, 2.75) is 13.3 Å². The Balaban J connectivity index is 1.49. The number of ether oxygens (including phenoxy) is 1. The molecule has 4 heterocycles. The molecule has 1 aromatic carbocycles. The Labute approximate surface area is 218 Å². The van der Waals surface area contributed by atoms with Gasteiger partial charge in [-0.1, -0.05) is 13.0 Å². The van der Waals surface area contributed by atoms with Gasteiger partial charge in [-0.05, 0) is 24.3 Å². The summed E-state index contributed by atoms with van der Waals surface area (Å²) in [4.78, 5) is 30.3. The van der Waals surface area contributed by atoms with Gasteiger partial charge >= 0.3 is 0 Å². The molecule has 0 saturated heterocycles. The number of carbonyl (C=O) groups excluding carboxylic acids is 1. The molecule has 12 nitrogen and oxygen atoms in total. The molecule has 192 valence electrons. The zero-order chi connectivity index (χ0) is 26.6. The summed E-state index contributed by atoms with van der Waals surface area (Å²) in [6, 6.07) is 11.1. The second-order valence-electron chi connectivity index (χ2n) is 8.44. The first kappa shape index (κ1) is 24.6. The fourth-order valence-corrected chi connectivity index (χ4v) is 3.92. The van der Waals surface area contributed by atoms with Gasteiger partial charge in [0.05, 0.1) is 29.6 Å². The molecular formula is C26H26N10O2. The quantitative estimate of drug-likeness (QED) is 0.278. The van der Waals surface area contributed by atoms with Crippen LogP contribution < -0.4 is 15.4 Å². The van der Waals surface area contributed by atoms with Crippen LogP contribution in [0.4, 0.5) is 23.0 Å². The third-order valence-electron chi connectivity index (χ3n) is 5.73. The number of pyridine rings is 2. The van der Waals surface area contributed by atoms with Crippen LogP contribution in [0.5, 0.6) is 5.75 Å². The Morgan fingerprint density at radius 3 is 2.32 bits per heavy atom. The molecular weight excluding hydrogens is 484 g/mol. The summed E-state index contributed by atoms with van der Waals surface area (Å²) in [5.41, 5.74) is 3.21. The van der Waals surface area contributed by atoms with Gasteiger partial charge in [-0.15, -0.1) is 0 Å². The molecule has 5 rings (SSSR count). The lowest BCUT2D eigenvalue weighted by molar-refractivity contribution is 0.0988. The minimum Gasteiger partial charge on any atom is -0.494 e. The maximum Gasteiger partial charge on any atom is 0.184 e. The van der Waals surface area contributed by atoms with E-state index in [2.05, 4.69) is 40.8 Å². The summed E-state index contributed by atoms with van der Waals surface area (Å²) in [5, 5.41) is 15.3. The lowest BCUT2D eigenvalue weighted by atomic mass is 10.1.